The van der Waals surface area contributed by atoms with Crippen molar-refractivity contribution in [1.82, 2.24) is 9.21 Å². The second kappa shape index (κ2) is 8.69. The Morgan fingerprint density at radius 1 is 1.10 bits per heavy atom. The van der Waals surface area contributed by atoms with Crippen LogP contribution < -0.4 is 4.90 Å². The highest BCUT2D eigenvalue weighted by Crippen LogP contribution is 2.28. The Balaban J connectivity index is 1.41. The van der Waals surface area contributed by atoms with E-state index in [9.17, 15) is 13.2 Å². The molecule has 162 valence electrons. The summed E-state index contributed by atoms with van der Waals surface area (Å²) in [6.07, 6.45) is 1.47. The molecule has 3 heterocycles. The minimum absolute atomic E-state index is 0.0943. The fraction of sp³-hybridized carbons (Fsp3) is 0.500. The molecule has 0 saturated carbocycles. The monoisotopic (exact) mass is 447 g/mol. The van der Waals surface area contributed by atoms with Gasteiger partial charge < -0.3 is 9.80 Å². The number of nitrogens with zero attached hydrogens (tertiary/aromatic N) is 3. The van der Waals surface area contributed by atoms with Crippen molar-refractivity contribution in [2.75, 3.05) is 37.6 Å². The first-order valence-electron chi connectivity index (χ1n) is 10.5. The molecule has 8 heteroatoms. The van der Waals surface area contributed by atoms with Crippen LogP contribution >= 0.6 is 11.3 Å². The third-order valence-electron chi connectivity index (χ3n) is 6.10. The number of anilines is 1. The van der Waals surface area contributed by atoms with Crippen LogP contribution in [0.3, 0.4) is 0 Å². The van der Waals surface area contributed by atoms with E-state index in [2.05, 4.69) is 43.0 Å². The summed E-state index contributed by atoms with van der Waals surface area (Å²) in [5.74, 6) is -0.164. The van der Waals surface area contributed by atoms with E-state index in [4.69, 9.17) is 0 Å². The summed E-state index contributed by atoms with van der Waals surface area (Å²) >= 11 is 1.23. The largest absolute Gasteiger partial charge is 0.365 e. The van der Waals surface area contributed by atoms with E-state index in [1.165, 1.54) is 26.9 Å². The number of hydrogen-bond donors (Lipinski definition) is 0. The van der Waals surface area contributed by atoms with E-state index in [1.54, 1.807) is 17.5 Å². The number of benzene rings is 1. The molecule has 1 aromatic carbocycles. The van der Waals surface area contributed by atoms with Crippen molar-refractivity contribution in [3.63, 3.8) is 0 Å². The van der Waals surface area contributed by atoms with Crippen LogP contribution in [0.25, 0.3) is 0 Å². The van der Waals surface area contributed by atoms with E-state index in [-0.39, 0.29) is 24.4 Å². The van der Waals surface area contributed by atoms with Gasteiger partial charge in [-0.15, -0.1) is 11.3 Å². The molecule has 2 aliphatic rings. The first kappa shape index (κ1) is 21.3. The third kappa shape index (κ3) is 4.26. The van der Waals surface area contributed by atoms with E-state index < -0.39 is 10.0 Å². The molecule has 2 fully saturated rings. The van der Waals surface area contributed by atoms with Gasteiger partial charge in [0.25, 0.3) is 10.0 Å². The first-order chi connectivity index (χ1) is 14.4. The fourth-order valence-electron chi connectivity index (χ4n) is 4.51. The number of hydrogen-bond acceptors (Lipinski definition) is 5. The average Bonchev–Trinajstić information content (AvgIpc) is 3.29. The minimum Gasteiger partial charge on any atom is -0.365 e. The second-order valence-corrected chi connectivity index (χ2v) is 11.4. The van der Waals surface area contributed by atoms with Crippen molar-refractivity contribution in [2.45, 2.75) is 36.9 Å². The zero-order valence-electron chi connectivity index (χ0n) is 17.5. The Morgan fingerprint density at radius 3 is 2.63 bits per heavy atom. The Bertz CT molecular complexity index is 991. The number of aryl methyl sites for hydroxylation is 1. The molecule has 2 aromatic rings. The number of piperazine rings is 1. The smallest absolute Gasteiger partial charge is 0.252 e. The van der Waals surface area contributed by atoms with E-state index in [0.717, 1.165) is 19.4 Å². The highest BCUT2D eigenvalue weighted by molar-refractivity contribution is 7.91. The molecule has 30 heavy (non-hydrogen) atoms. The van der Waals surface area contributed by atoms with Crippen molar-refractivity contribution in [3.05, 3.63) is 47.3 Å². The Labute approximate surface area is 183 Å². The number of carbonyl (C=O) groups excluding carboxylic acids is 1. The van der Waals surface area contributed by atoms with Gasteiger partial charge >= 0.3 is 0 Å². The van der Waals surface area contributed by atoms with Gasteiger partial charge in [0.2, 0.25) is 5.91 Å². The van der Waals surface area contributed by atoms with Gasteiger partial charge in [0.05, 0.1) is 5.92 Å². The molecule has 0 bridgehead atoms. The van der Waals surface area contributed by atoms with Crippen LogP contribution in [0.5, 0.6) is 0 Å². The van der Waals surface area contributed by atoms with Gasteiger partial charge in [0.15, 0.2) is 0 Å². The second-order valence-electron chi connectivity index (χ2n) is 8.30. The number of piperidine rings is 1. The SMILES string of the molecule is Cc1cccc(N2CCN(C(=O)[C@@H]3CCCN(S(=O)(=O)c4cccs4)C3)C[C@@H]2C)c1. The van der Waals surface area contributed by atoms with Gasteiger partial charge in [-0.3, -0.25) is 4.79 Å². The Hall–Kier alpha value is -1.90. The minimum atomic E-state index is -3.50. The summed E-state index contributed by atoms with van der Waals surface area (Å²) in [6.45, 7) is 7.14. The topological polar surface area (TPSA) is 60.9 Å². The van der Waals surface area contributed by atoms with Crippen molar-refractivity contribution < 1.29 is 13.2 Å². The van der Waals surface area contributed by atoms with Gasteiger partial charge in [0, 0.05) is 44.5 Å². The molecule has 2 saturated heterocycles. The van der Waals surface area contributed by atoms with Gasteiger partial charge in [-0.05, 0) is 55.8 Å². The summed E-state index contributed by atoms with van der Waals surface area (Å²) in [4.78, 5) is 17.5. The van der Waals surface area contributed by atoms with Crippen LogP contribution in [0, 0.1) is 12.8 Å². The summed E-state index contributed by atoms with van der Waals surface area (Å²) in [5.41, 5.74) is 2.42. The maximum absolute atomic E-state index is 13.2. The Morgan fingerprint density at radius 2 is 1.93 bits per heavy atom. The van der Waals surface area contributed by atoms with Crippen molar-refractivity contribution in [2.24, 2.45) is 5.92 Å². The molecule has 6 nitrogen and oxygen atoms in total. The molecule has 0 unspecified atom stereocenters. The molecule has 0 N–H and O–H groups in total. The highest BCUT2D eigenvalue weighted by atomic mass is 32.2. The molecule has 4 rings (SSSR count). The third-order valence-corrected chi connectivity index (χ3v) is 9.33. The van der Waals surface area contributed by atoms with Crippen molar-refractivity contribution in [3.8, 4) is 0 Å². The molecule has 1 amide bonds. The maximum atomic E-state index is 13.2. The predicted molar refractivity (Wildman–Crippen MR) is 120 cm³/mol. The summed E-state index contributed by atoms with van der Waals surface area (Å²) in [6, 6.07) is 12.1. The molecule has 0 spiro atoms. The quantitative estimate of drug-likeness (QED) is 0.722. The first-order valence-corrected chi connectivity index (χ1v) is 12.8. The lowest BCUT2D eigenvalue weighted by Crippen LogP contribution is -2.56. The van der Waals surface area contributed by atoms with Crippen LogP contribution in [0.15, 0.2) is 46.0 Å². The van der Waals surface area contributed by atoms with Crippen LogP contribution in [0.4, 0.5) is 5.69 Å². The number of amides is 1. The van der Waals surface area contributed by atoms with Gasteiger partial charge in [-0.1, -0.05) is 18.2 Å². The number of carbonyl (C=O) groups is 1. The van der Waals surface area contributed by atoms with E-state index >= 15 is 0 Å². The Kier molecular flexibility index (Phi) is 6.18. The molecule has 2 aliphatic heterocycles. The van der Waals surface area contributed by atoms with Gasteiger partial charge in [-0.2, -0.15) is 4.31 Å². The molecular weight excluding hydrogens is 418 g/mol. The van der Waals surface area contributed by atoms with E-state index in [0.29, 0.717) is 23.8 Å². The number of sulfonamides is 1. The molecule has 1 aromatic heterocycles. The van der Waals surface area contributed by atoms with Crippen molar-refractivity contribution in [1.29, 1.82) is 0 Å². The van der Waals surface area contributed by atoms with Crippen LogP contribution in [0.1, 0.15) is 25.3 Å². The fourth-order valence-corrected chi connectivity index (χ4v) is 7.17. The standard InChI is InChI=1S/C22H29N3O3S2/c1-17-6-3-8-20(14-17)25-12-11-23(15-18(25)2)22(26)19-7-4-10-24(16-19)30(27,28)21-9-5-13-29-21/h3,5-6,8-9,13-14,18-19H,4,7,10-12,15-16H2,1-2H3/t18-,19+/m0/s1. The summed E-state index contributed by atoms with van der Waals surface area (Å²) in [5, 5.41) is 1.77. The lowest BCUT2D eigenvalue weighted by atomic mass is 9.97. The normalized spacial score (nSPS) is 23.5. The van der Waals surface area contributed by atoms with Gasteiger partial charge in [-0.25, -0.2) is 8.42 Å². The molecule has 2 atom stereocenters. The maximum Gasteiger partial charge on any atom is 0.252 e. The van der Waals surface area contributed by atoms with Crippen LogP contribution in [-0.4, -0.2) is 62.3 Å². The number of thiophene rings is 1. The van der Waals surface area contributed by atoms with Crippen LogP contribution in [0.2, 0.25) is 0 Å². The molecule has 0 aliphatic carbocycles. The molecule has 0 radical (unpaired) electrons. The lowest BCUT2D eigenvalue weighted by molar-refractivity contribution is -0.137. The number of rotatable bonds is 4. The van der Waals surface area contributed by atoms with Gasteiger partial charge in [0.1, 0.15) is 4.21 Å². The summed E-state index contributed by atoms with van der Waals surface area (Å²) < 4.78 is 27.6. The average molecular weight is 448 g/mol. The molecular formula is C22H29N3O3S2. The summed E-state index contributed by atoms with van der Waals surface area (Å²) in [7, 11) is -3.50. The van der Waals surface area contributed by atoms with Crippen molar-refractivity contribution >= 4 is 33.0 Å². The zero-order valence-corrected chi connectivity index (χ0v) is 19.2. The zero-order chi connectivity index (χ0) is 21.3. The van der Waals surface area contributed by atoms with Crippen LogP contribution in [-0.2, 0) is 14.8 Å². The highest BCUT2D eigenvalue weighted by Gasteiger charge is 2.37. The predicted octanol–water partition coefficient (Wildman–Crippen LogP) is 3.19. The lowest BCUT2D eigenvalue weighted by Gasteiger charge is -2.43. The van der Waals surface area contributed by atoms with E-state index in [1.807, 2.05) is 4.90 Å².